The molecule has 0 aliphatic rings. The first-order valence-electron chi connectivity index (χ1n) is 40.4. The predicted molar refractivity (Wildman–Crippen MR) is 505 cm³/mol. The Hall–Kier alpha value is -14.2. The molecule has 0 bridgehead atoms. The van der Waals surface area contributed by atoms with Crippen LogP contribution in [0, 0.1) is 0 Å². The average molecular weight is 1630 g/mol. The predicted octanol–water partition coefficient (Wildman–Crippen LogP) is 30.6. The van der Waals surface area contributed by atoms with E-state index in [1.165, 1.54) is 210 Å². The third-order valence-electron chi connectivity index (χ3n) is 23.6. The molecular formula is C114H74N2Se2. The fraction of sp³-hybridized carbons (Fsp3) is 0. The first kappa shape index (κ1) is 70.4. The maximum atomic E-state index is 2.43. The van der Waals surface area contributed by atoms with Gasteiger partial charge in [0.05, 0.1) is 0 Å². The van der Waals surface area contributed by atoms with Crippen molar-refractivity contribution in [2.75, 3.05) is 0 Å². The van der Waals surface area contributed by atoms with Gasteiger partial charge in [0.15, 0.2) is 0 Å². The van der Waals surface area contributed by atoms with E-state index in [2.05, 4.69) is 458 Å². The minimum atomic E-state index is 0.140. The first-order valence-corrected chi connectivity index (χ1v) is 43.8. The van der Waals surface area contributed by atoms with Crippen LogP contribution in [-0.2, 0) is 0 Å². The van der Waals surface area contributed by atoms with E-state index < -0.39 is 0 Å². The van der Waals surface area contributed by atoms with Crippen LogP contribution in [0.5, 0.6) is 0 Å². The van der Waals surface area contributed by atoms with Crippen molar-refractivity contribution in [2.45, 2.75) is 0 Å². The molecule has 19 aromatic carbocycles. The molecule has 0 atom stereocenters. The first-order chi connectivity index (χ1) is 58.5. The van der Waals surface area contributed by atoms with Gasteiger partial charge in [-0.1, -0.05) is 66.7 Å². The number of aromatic nitrogens is 2. The van der Waals surface area contributed by atoms with Gasteiger partial charge >= 0.3 is 625 Å². The van der Waals surface area contributed by atoms with E-state index in [-0.39, 0.29) is 29.0 Å². The van der Waals surface area contributed by atoms with Gasteiger partial charge < -0.3 is 0 Å². The summed E-state index contributed by atoms with van der Waals surface area (Å²) in [6.45, 7) is 0. The topological polar surface area (TPSA) is 9.86 Å². The number of hydrogen-bond donors (Lipinski definition) is 0. The normalized spacial score (nSPS) is 11.6. The summed E-state index contributed by atoms with van der Waals surface area (Å²) in [4.78, 5) is 0. The van der Waals surface area contributed by atoms with Crippen LogP contribution < -0.4 is 0 Å². The molecule has 2 nitrogen and oxygen atoms in total. The Bertz CT molecular complexity index is 7730. The van der Waals surface area contributed by atoms with Crippen LogP contribution in [0.4, 0.5) is 0 Å². The van der Waals surface area contributed by atoms with E-state index in [9.17, 15) is 0 Å². The van der Waals surface area contributed by atoms with Gasteiger partial charge in [-0.05, 0) is 11.1 Å². The van der Waals surface area contributed by atoms with Crippen LogP contribution in [-0.4, -0.2) is 38.1 Å². The molecule has 118 heavy (non-hydrogen) atoms. The van der Waals surface area contributed by atoms with E-state index in [4.69, 9.17) is 0 Å². The zero-order valence-electron chi connectivity index (χ0n) is 64.4. The van der Waals surface area contributed by atoms with E-state index in [0.29, 0.717) is 0 Å². The van der Waals surface area contributed by atoms with Crippen LogP contribution in [0.3, 0.4) is 0 Å². The molecule has 0 unspecified atom stereocenters. The molecule has 4 heterocycles. The molecule has 4 aromatic heterocycles. The molecule has 0 spiro atoms. The molecule has 0 aliphatic carbocycles. The molecule has 0 N–H and O–H groups in total. The summed E-state index contributed by atoms with van der Waals surface area (Å²) in [5.74, 6) is 0. The van der Waals surface area contributed by atoms with Gasteiger partial charge in [-0.2, -0.15) is 0 Å². The summed E-state index contributed by atoms with van der Waals surface area (Å²) in [5, 5.41) is 10.5. The Balaban J connectivity index is 0.000000143. The van der Waals surface area contributed by atoms with E-state index in [0.717, 1.165) is 5.69 Å². The maximum absolute atomic E-state index is 2.43. The minimum absolute atomic E-state index is 0.140. The monoisotopic (exact) mass is 1630 g/mol. The van der Waals surface area contributed by atoms with E-state index in [1.807, 2.05) is 0 Å². The Morgan fingerprint density at radius 1 is 0.127 bits per heavy atom. The van der Waals surface area contributed by atoms with E-state index in [1.54, 1.807) is 0 Å². The zero-order valence-corrected chi connectivity index (χ0v) is 67.9. The number of benzene rings is 19. The van der Waals surface area contributed by atoms with Gasteiger partial charge in [-0.25, -0.2) is 0 Å². The second-order valence-corrected chi connectivity index (χ2v) is 34.9. The molecule has 0 fully saturated rings. The van der Waals surface area contributed by atoms with Crippen molar-refractivity contribution >= 4 is 111 Å². The van der Waals surface area contributed by atoms with Gasteiger partial charge in [0.2, 0.25) is 0 Å². The molecule has 552 valence electrons. The molecule has 23 aromatic rings. The second-order valence-electron chi connectivity index (χ2n) is 30.6. The third kappa shape index (κ3) is 12.8. The van der Waals surface area contributed by atoms with Gasteiger partial charge in [-0.15, -0.1) is 0 Å². The molecule has 0 saturated heterocycles. The van der Waals surface area contributed by atoms with Gasteiger partial charge in [-0.3, -0.25) is 0 Å². The van der Waals surface area contributed by atoms with Crippen molar-refractivity contribution in [2.24, 2.45) is 0 Å². The fourth-order valence-corrected chi connectivity index (χ4v) is 23.6. The summed E-state index contributed by atoms with van der Waals surface area (Å²) in [5.41, 5.74) is 34.6. The van der Waals surface area contributed by atoms with Crippen molar-refractivity contribution in [3.05, 3.63) is 449 Å². The number of para-hydroxylation sites is 3. The van der Waals surface area contributed by atoms with Gasteiger partial charge in [0, 0.05) is 0 Å². The molecule has 0 radical (unpaired) electrons. The van der Waals surface area contributed by atoms with Crippen molar-refractivity contribution in [1.29, 1.82) is 0 Å². The molecule has 4 heteroatoms. The Labute approximate surface area is 697 Å². The summed E-state index contributed by atoms with van der Waals surface area (Å²) in [6.07, 6.45) is 0. The molecule has 0 saturated carbocycles. The Morgan fingerprint density at radius 2 is 0.356 bits per heavy atom. The summed E-state index contributed by atoms with van der Waals surface area (Å²) in [6, 6.07) is 165. The van der Waals surface area contributed by atoms with Crippen molar-refractivity contribution in [3.8, 4) is 134 Å². The Morgan fingerprint density at radius 3 is 0.754 bits per heavy atom. The SMILES string of the molecule is c1ccc(-c2ccc(-c3cc(-c4ccc5c(c4)c4ccccc4n5-c4ccc(-c5ccccc5)cc4)cc(-c4cccc5c4[se]c4c(-c6ccccc6)cccc45)c3)cc2)cc1.c1ccc(-c2cccc(-c3cc(-c4ccc5c(c4)c4ccccc4n5-c4ccccc4)cc(-c4cccc5c4[se]c4c(-c6ccccc6)cccc45)c3)c2)cc1. The quantitative estimate of drug-likeness (QED) is 0.102. The number of fused-ring (bicyclic) bond motifs is 12. The zero-order chi connectivity index (χ0) is 78.0. The summed E-state index contributed by atoms with van der Waals surface area (Å²) in [7, 11) is 0. The summed E-state index contributed by atoms with van der Waals surface area (Å²) < 4.78 is 10.7. The van der Waals surface area contributed by atoms with Crippen molar-refractivity contribution in [3.63, 3.8) is 0 Å². The van der Waals surface area contributed by atoms with Crippen LogP contribution >= 0.6 is 0 Å². The summed E-state index contributed by atoms with van der Waals surface area (Å²) >= 11 is 0.288. The number of nitrogens with zero attached hydrogens (tertiary/aromatic N) is 2. The fourth-order valence-electron chi connectivity index (χ4n) is 17.9. The molecule has 23 rings (SSSR count). The van der Waals surface area contributed by atoms with Crippen LogP contribution in [0.15, 0.2) is 449 Å². The van der Waals surface area contributed by atoms with Crippen LogP contribution in [0.2, 0.25) is 0 Å². The van der Waals surface area contributed by atoms with Crippen LogP contribution in [0.25, 0.3) is 216 Å². The van der Waals surface area contributed by atoms with Crippen molar-refractivity contribution in [1.82, 2.24) is 9.13 Å². The number of rotatable bonds is 13. The van der Waals surface area contributed by atoms with Gasteiger partial charge in [0.1, 0.15) is 0 Å². The molecule has 0 amide bonds. The molecule has 0 aliphatic heterocycles. The molecular weight excluding hydrogens is 1560 g/mol. The number of hydrogen-bond acceptors (Lipinski definition) is 0. The van der Waals surface area contributed by atoms with Crippen molar-refractivity contribution < 1.29 is 0 Å². The third-order valence-corrected chi connectivity index (χ3v) is 29.0. The Kier molecular flexibility index (Phi) is 18.0. The standard InChI is InChI=1S/C60H39NSe.C54H35NSe/c1-4-14-40(15-5-1)42-26-28-44(29-27-42)47-36-48(38-49(37-47)52-22-13-24-55-54-23-12-21-51(59(54)62-60(52)55)45-18-8-3-9-19-45)46-32-35-58-56(39-46)53-20-10-11-25-57(53)61(58)50-33-30-43(31-34-50)41-16-6-2-7-17-41;1-4-15-36(16-5-1)38-19-12-20-39(31-38)41-32-42(40-29-30-52-50(35-40)47-23-10-11-28-51(47)55(52)44-21-8-3-9-22-44)34-43(33-41)46-25-14-27-49-48-26-13-24-45(53(48)56-54(46)49)37-17-6-2-7-18-37/h1-39H;1-35H. The second kappa shape index (κ2) is 30.2. The van der Waals surface area contributed by atoms with E-state index >= 15 is 0 Å². The average Bonchev–Trinajstić information content (AvgIpc) is 1.63. The van der Waals surface area contributed by atoms with Gasteiger partial charge in [0.25, 0.3) is 0 Å². The van der Waals surface area contributed by atoms with Crippen LogP contribution in [0.1, 0.15) is 0 Å².